The molecule has 1 unspecified atom stereocenters. The number of fused-ring (bicyclic) bond motifs is 1. The summed E-state index contributed by atoms with van der Waals surface area (Å²) in [6.45, 7) is 2.04. The van der Waals surface area contributed by atoms with E-state index in [4.69, 9.17) is 34.8 Å². The van der Waals surface area contributed by atoms with Crippen LogP contribution in [0, 0.1) is 0 Å². The summed E-state index contributed by atoms with van der Waals surface area (Å²) in [6.07, 6.45) is 0. The Hall–Kier alpha value is -1.000. The number of thiazole rings is 1. The highest BCUT2D eigenvalue weighted by Gasteiger charge is 2.13. The van der Waals surface area contributed by atoms with Gasteiger partial charge in [0.25, 0.3) is 0 Å². The maximum atomic E-state index is 6.30. The lowest BCUT2D eigenvalue weighted by molar-refractivity contribution is 0.886. The zero-order chi connectivity index (χ0) is 15.0. The highest BCUT2D eigenvalue weighted by atomic mass is 35.5. The van der Waals surface area contributed by atoms with Crippen LogP contribution >= 0.6 is 46.1 Å². The van der Waals surface area contributed by atoms with E-state index in [9.17, 15) is 0 Å². The Kier molecular flexibility index (Phi) is 4.27. The quantitative estimate of drug-likeness (QED) is 0.584. The van der Waals surface area contributed by atoms with Crippen LogP contribution in [-0.2, 0) is 0 Å². The number of nitrogens with one attached hydrogen (secondary N) is 1. The minimum atomic E-state index is 0.0320. The van der Waals surface area contributed by atoms with Gasteiger partial charge in [-0.25, -0.2) is 4.98 Å². The zero-order valence-electron chi connectivity index (χ0n) is 11.0. The third-order valence-corrected chi connectivity index (χ3v) is 5.10. The van der Waals surface area contributed by atoms with Gasteiger partial charge in [0.15, 0.2) is 0 Å². The van der Waals surface area contributed by atoms with Crippen molar-refractivity contribution < 1.29 is 0 Å². The minimum absolute atomic E-state index is 0.0320. The summed E-state index contributed by atoms with van der Waals surface area (Å²) in [5.41, 5.74) is 4.58. The average Bonchev–Trinajstić information content (AvgIpc) is 2.93. The number of rotatable bonds is 3. The summed E-state index contributed by atoms with van der Waals surface area (Å²) in [5.74, 6) is 0. The van der Waals surface area contributed by atoms with Gasteiger partial charge in [0.1, 0.15) is 5.52 Å². The Balaban J connectivity index is 1.95. The van der Waals surface area contributed by atoms with Crippen LogP contribution in [-0.4, -0.2) is 4.98 Å². The molecule has 0 radical (unpaired) electrons. The van der Waals surface area contributed by atoms with Crippen molar-refractivity contribution in [3.8, 4) is 0 Å². The van der Waals surface area contributed by atoms with Gasteiger partial charge in [0.05, 0.1) is 31.0 Å². The van der Waals surface area contributed by atoms with Crippen LogP contribution in [0.4, 0.5) is 5.69 Å². The fourth-order valence-corrected chi connectivity index (χ4v) is 3.32. The molecule has 2 nitrogen and oxygen atoms in total. The van der Waals surface area contributed by atoms with E-state index in [1.165, 1.54) is 0 Å². The van der Waals surface area contributed by atoms with Gasteiger partial charge in [-0.3, -0.25) is 0 Å². The molecule has 2 aromatic carbocycles. The van der Waals surface area contributed by atoms with Gasteiger partial charge in [-0.15, -0.1) is 11.3 Å². The van der Waals surface area contributed by atoms with Crippen molar-refractivity contribution in [1.82, 2.24) is 4.98 Å². The Morgan fingerprint density at radius 1 is 1.05 bits per heavy atom. The van der Waals surface area contributed by atoms with E-state index in [0.717, 1.165) is 21.5 Å². The molecule has 0 fully saturated rings. The fourth-order valence-electron chi connectivity index (χ4n) is 2.13. The standard InChI is InChI=1S/C15H11Cl3N2S/c1-8(9-2-3-10(16)12(18)6-9)20-14-11(17)4-5-13-15(14)19-7-21-13/h2-8,20H,1H3. The highest BCUT2D eigenvalue weighted by molar-refractivity contribution is 7.16. The van der Waals surface area contributed by atoms with Gasteiger partial charge in [0, 0.05) is 6.04 Å². The van der Waals surface area contributed by atoms with E-state index < -0.39 is 0 Å². The summed E-state index contributed by atoms with van der Waals surface area (Å²) in [4.78, 5) is 4.38. The molecule has 0 aliphatic rings. The SMILES string of the molecule is CC(Nc1c(Cl)ccc2scnc12)c1ccc(Cl)c(Cl)c1. The smallest absolute Gasteiger partial charge is 0.106 e. The summed E-state index contributed by atoms with van der Waals surface area (Å²) in [6, 6.07) is 9.49. The van der Waals surface area contributed by atoms with Gasteiger partial charge < -0.3 is 5.32 Å². The van der Waals surface area contributed by atoms with E-state index in [2.05, 4.69) is 10.3 Å². The second kappa shape index (κ2) is 6.01. The average molecular weight is 358 g/mol. The second-order valence-corrected chi connectivity index (χ2v) is 6.77. The van der Waals surface area contributed by atoms with Gasteiger partial charge in [-0.05, 0) is 36.8 Å². The Morgan fingerprint density at radius 3 is 2.57 bits per heavy atom. The van der Waals surface area contributed by atoms with E-state index in [-0.39, 0.29) is 6.04 Å². The van der Waals surface area contributed by atoms with E-state index >= 15 is 0 Å². The van der Waals surface area contributed by atoms with Crippen LogP contribution in [0.25, 0.3) is 10.2 Å². The summed E-state index contributed by atoms with van der Waals surface area (Å²) >= 11 is 19.9. The molecule has 0 aliphatic carbocycles. The molecule has 0 bridgehead atoms. The van der Waals surface area contributed by atoms with Crippen LogP contribution in [0.15, 0.2) is 35.8 Å². The number of nitrogens with zero attached hydrogens (tertiary/aromatic N) is 1. The molecule has 1 atom stereocenters. The van der Waals surface area contributed by atoms with Crippen molar-refractivity contribution in [2.24, 2.45) is 0 Å². The molecule has 1 N–H and O–H groups in total. The summed E-state index contributed by atoms with van der Waals surface area (Å²) in [5, 5.41) is 5.16. The summed E-state index contributed by atoms with van der Waals surface area (Å²) < 4.78 is 1.10. The Bertz CT molecular complexity index is 801. The van der Waals surface area contributed by atoms with E-state index in [0.29, 0.717) is 15.1 Å². The molecule has 3 rings (SSSR count). The van der Waals surface area contributed by atoms with Crippen molar-refractivity contribution in [2.75, 3.05) is 5.32 Å². The number of anilines is 1. The Morgan fingerprint density at radius 2 is 1.81 bits per heavy atom. The molecule has 108 valence electrons. The lowest BCUT2D eigenvalue weighted by atomic mass is 10.1. The van der Waals surface area contributed by atoms with Gasteiger partial charge in [-0.1, -0.05) is 40.9 Å². The van der Waals surface area contributed by atoms with Crippen LogP contribution in [0.2, 0.25) is 15.1 Å². The first-order valence-electron chi connectivity index (χ1n) is 6.29. The first kappa shape index (κ1) is 14.9. The molecular weight excluding hydrogens is 347 g/mol. The van der Waals surface area contributed by atoms with Gasteiger partial charge in [-0.2, -0.15) is 0 Å². The number of hydrogen-bond acceptors (Lipinski definition) is 3. The maximum absolute atomic E-state index is 6.30. The highest BCUT2D eigenvalue weighted by Crippen LogP contribution is 2.35. The lowest BCUT2D eigenvalue weighted by Crippen LogP contribution is -2.07. The normalized spacial score (nSPS) is 12.6. The number of halogens is 3. The largest absolute Gasteiger partial charge is 0.376 e. The molecule has 21 heavy (non-hydrogen) atoms. The molecule has 0 aliphatic heterocycles. The number of hydrogen-bond donors (Lipinski definition) is 1. The van der Waals surface area contributed by atoms with Gasteiger partial charge >= 0.3 is 0 Å². The zero-order valence-corrected chi connectivity index (χ0v) is 14.1. The molecule has 0 spiro atoms. The molecule has 3 aromatic rings. The van der Waals surface area contributed by atoms with Crippen molar-refractivity contribution in [1.29, 1.82) is 0 Å². The molecule has 0 saturated carbocycles. The predicted octanol–water partition coefficient (Wildman–Crippen LogP) is 6.43. The van der Waals surface area contributed by atoms with Crippen LogP contribution in [0.3, 0.4) is 0 Å². The predicted molar refractivity (Wildman–Crippen MR) is 93.1 cm³/mol. The number of benzene rings is 2. The van der Waals surface area contributed by atoms with Crippen LogP contribution in [0.1, 0.15) is 18.5 Å². The second-order valence-electron chi connectivity index (χ2n) is 4.66. The van der Waals surface area contributed by atoms with Gasteiger partial charge in [0.2, 0.25) is 0 Å². The molecule has 6 heteroatoms. The molecule has 1 aromatic heterocycles. The van der Waals surface area contributed by atoms with Crippen molar-refractivity contribution in [2.45, 2.75) is 13.0 Å². The molecular formula is C15H11Cl3N2S. The van der Waals surface area contributed by atoms with E-state index in [1.807, 2.05) is 36.7 Å². The maximum Gasteiger partial charge on any atom is 0.106 e. The Labute approximate surface area is 141 Å². The van der Waals surface area contributed by atoms with Crippen LogP contribution < -0.4 is 5.32 Å². The molecule has 1 heterocycles. The minimum Gasteiger partial charge on any atom is -0.376 e. The van der Waals surface area contributed by atoms with Crippen molar-refractivity contribution in [3.05, 3.63) is 56.5 Å². The first-order chi connectivity index (χ1) is 10.1. The summed E-state index contributed by atoms with van der Waals surface area (Å²) in [7, 11) is 0. The van der Waals surface area contributed by atoms with Crippen molar-refractivity contribution >= 4 is 62.0 Å². The van der Waals surface area contributed by atoms with Crippen molar-refractivity contribution in [3.63, 3.8) is 0 Å². The topological polar surface area (TPSA) is 24.9 Å². The first-order valence-corrected chi connectivity index (χ1v) is 8.31. The van der Waals surface area contributed by atoms with E-state index in [1.54, 1.807) is 17.4 Å². The third kappa shape index (κ3) is 2.97. The number of aromatic nitrogens is 1. The third-order valence-electron chi connectivity index (χ3n) is 3.26. The molecule has 0 saturated heterocycles. The monoisotopic (exact) mass is 356 g/mol. The molecule has 0 amide bonds. The lowest BCUT2D eigenvalue weighted by Gasteiger charge is -2.17. The fraction of sp³-hybridized carbons (Fsp3) is 0.133. The van der Waals surface area contributed by atoms with Crippen LogP contribution in [0.5, 0.6) is 0 Å².